The van der Waals surface area contributed by atoms with Gasteiger partial charge >= 0.3 is 11.9 Å². The number of non-ortho nitro benzene ring substituents is 1. The van der Waals surface area contributed by atoms with E-state index in [-0.39, 0.29) is 30.7 Å². The Bertz CT molecular complexity index is 1210. The van der Waals surface area contributed by atoms with Crippen LogP contribution in [-0.4, -0.2) is 47.4 Å². The summed E-state index contributed by atoms with van der Waals surface area (Å²) in [6.45, 7) is 2.88. The minimum absolute atomic E-state index is 0.0394. The highest BCUT2D eigenvalue weighted by atomic mass is 16.7. The number of anilines is 1. The van der Waals surface area contributed by atoms with Crippen molar-refractivity contribution in [1.29, 1.82) is 0 Å². The summed E-state index contributed by atoms with van der Waals surface area (Å²) in [5.41, 5.74) is 0.914. The van der Waals surface area contributed by atoms with Crippen LogP contribution in [0.4, 0.5) is 11.4 Å². The normalized spacial score (nSPS) is 17.7. The molecule has 0 bridgehead atoms. The fourth-order valence-corrected chi connectivity index (χ4v) is 3.67. The Balaban J connectivity index is 1.83. The van der Waals surface area contributed by atoms with Gasteiger partial charge in [0.25, 0.3) is 11.5 Å². The molecule has 2 aliphatic heterocycles. The average Bonchev–Trinajstić information content (AvgIpc) is 3.31. The summed E-state index contributed by atoms with van der Waals surface area (Å²) in [5, 5.41) is 12.6. The van der Waals surface area contributed by atoms with Crippen molar-refractivity contribution >= 4 is 29.1 Å². The third-order valence-corrected chi connectivity index (χ3v) is 5.26. The number of esters is 2. The molecule has 0 atom stereocenters. The maximum Gasteiger partial charge on any atom is 0.331 e. The molecule has 0 unspecified atom stereocenters. The van der Waals surface area contributed by atoms with Crippen molar-refractivity contribution in [1.82, 2.24) is 5.06 Å². The van der Waals surface area contributed by atoms with Gasteiger partial charge in [-0.2, -0.15) is 0 Å². The predicted octanol–water partition coefficient (Wildman–Crippen LogP) is 3.10. The number of rotatable bonds is 7. The van der Waals surface area contributed by atoms with E-state index in [1.807, 2.05) is 0 Å². The number of benzene rings is 2. The fraction of sp³-hybridized carbons (Fsp3) is 0.292. The summed E-state index contributed by atoms with van der Waals surface area (Å²) >= 11 is 0. The van der Waals surface area contributed by atoms with E-state index >= 15 is 0 Å². The van der Waals surface area contributed by atoms with Crippen LogP contribution in [0.25, 0.3) is 0 Å². The van der Waals surface area contributed by atoms with Crippen LogP contribution < -0.4 is 4.90 Å². The number of carbonyl (C=O) groups is 2. The number of aliphatic imine (C=N–C) groups is 1. The van der Waals surface area contributed by atoms with E-state index < -0.39 is 28.6 Å². The zero-order chi connectivity index (χ0) is 25.9. The van der Waals surface area contributed by atoms with Gasteiger partial charge in [0.05, 0.1) is 30.5 Å². The second kappa shape index (κ2) is 10.0. The van der Waals surface area contributed by atoms with Gasteiger partial charge < -0.3 is 14.2 Å². The SMILES string of the molecule is CON1C=C(N(C(=NCc2cccc([N+](=O)[O-])c2)C2C(=O)OC(C)(C)OC2=O)c2ccccc2)OC1. The lowest BCUT2D eigenvalue weighted by Crippen LogP contribution is -2.53. The number of amidine groups is 1. The topological polar surface area (TPSA) is 133 Å². The van der Waals surface area contributed by atoms with E-state index in [4.69, 9.17) is 19.0 Å². The quantitative estimate of drug-likeness (QED) is 0.141. The van der Waals surface area contributed by atoms with Gasteiger partial charge in [-0.05, 0) is 17.7 Å². The molecule has 0 radical (unpaired) electrons. The smallest absolute Gasteiger partial charge is 0.331 e. The Hall–Kier alpha value is -4.45. The molecule has 2 aromatic carbocycles. The van der Waals surface area contributed by atoms with Gasteiger partial charge in [0.2, 0.25) is 11.8 Å². The second-order valence-electron chi connectivity index (χ2n) is 8.29. The lowest BCUT2D eigenvalue weighted by Gasteiger charge is -2.36. The molecular formula is C24H24N4O8. The van der Waals surface area contributed by atoms with Crippen molar-refractivity contribution in [3.05, 3.63) is 82.4 Å². The first-order chi connectivity index (χ1) is 17.2. The molecule has 0 spiro atoms. The van der Waals surface area contributed by atoms with Crippen molar-refractivity contribution < 1.29 is 33.6 Å². The van der Waals surface area contributed by atoms with Gasteiger partial charge in [-0.3, -0.25) is 34.4 Å². The first-order valence-electron chi connectivity index (χ1n) is 10.9. The Labute approximate surface area is 206 Å². The minimum Gasteiger partial charge on any atom is -0.454 e. The lowest BCUT2D eigenvalue weighted by molar-refractivity contribution is -0.384. The maximum absolute atomic E-state index is 13.1. The monoisotopic (exact) mass is 496 g/mol. The molecule has 0 amide bonds. The van der Waals surface area contributed by atoms with Crippen molar-refractivity contribution in [2.24, 2.45) is 10.9 Å². The zero-order valence-electron chi connectivity index (χ0n) is 19.8. The van der Waals surface area contributed by atoms with E-state index in [9.17, 15) is 19.7 Å². The number of hydrogen-bond acceptors (Lipinski definition) is 10. The molecule has 1 saturated heterocycles. The van der Waals surface area contributed by atoms with Gasteiger partial charge in [-0.25, -0.2) is 5.06 Å². The molecule has 188 valence electrons. The van der Waals surface area contributed by atoms with Gasteiger partial charge in [-0.15, -0.1) is 0 Å². The highest BCUT2D eigenvalue weighted by molar-refractivity contribution is 6.22. The zero-order valence-corrected chi connectivity index (χ0v) is 19.8. The molecule has 2 aliphatic rings. The van der Waals surface area contributed by atoms with E-state index in [1.165, 1.54) is 49.1 Å². The van der Waals surface area contributed by atoms with Crippen LogP contribution in [0.1, 0.15) is 19.4 Å². The minimum atomic E-state index is -1.54. The molecule has 0 aromatic heterocycles. The highest BCUT2D eigenvalue weighted by Crippen LogP contribution is 2.31. The summed E-state index contributed by atoms with van der Waals surface area (Å²) in [6.07, 6.45) is 1.54. The van der Waals surface area contributed by atoms with Crippen LogP contribution in [0.2, 0.25) is 0 Å². The third-order valence-electron chi connectivity index (χ3n) is 5.26. The molecule has 36 heavy (non-hydrogen) atoms. The van der Waals surface area contributed by atoms with E-state index in [0.717, 1.165) is 0 Å². The lowest BCUT2D eigenvalue weighted by atomic mass is 10.0. The molecule has 0 N–H and O–H groups in total. The molecule has 12 nitrogen and oxygen atoms in total. The summed E-state index contributed by atoms with van der Waals surface area (Å²) in [4.78, 5) is 48.1. The van der Waals surface area contributed by atoms with Crippen molar-refractivity contribution in [2.45, 2.75) is 26.2 Å². The van der Waals surface area contributed by atoms with Gasteiger partial charge in [0, 0.05) is 26.0 Å². The van der Waals surface area contributed by atoms with E-state index in [2.05, 4.69) is 4.99 Å². The summed E-state index contributed by atoms with van der Waals surface area (Å²) in [7, 11) is 1.46. The van der Waals surface area contributed by atoms with Gasteiger partial charge in [0.1, 0.15) is 5.84 Å². The number of carbonyl (C=O) groups excluding carboxylic acids is 2. The van der Waals surface area contributed by atoms with Crippen LogP contribution in [0.5, 0.6) is 0 Å². The summed E-state index contributed by atoms with van der Waals surface area (Å²) in [5.74, 6) is -4.50. The van der Waals surface area contributed by atoms with Crippen molar-refractivity contribution in [3.63, 3.8) is 0 Å². The average molecular weight is 496 g/mol. The molecule has 0 aliphatic carbocycles. The largest absolute Gasteiger partial charge is 0.454 e. The number of cyclic esters (lactones) is 2. The summed E-state index contributed by atoms with van der Waals surface area (Å²) < 4.78 is 16.5. The number of hydrogen-bond donors (Lipinski definition) is 0. The van der Waals surface area contributed by atoms with Crippen LogP contribution in [0.3, 0.4) is 0 Å². The maximum atomic E-state index is 13.1. The molecule has 0 saturated carbocycles. The van der Waals surface area contributed by atoms with Crippen LogP contribution in [0.15, 0.2) is 71.7 Å². The van der Waals surface area contributed by atoms with Crippen LogP contribution in [0, 0.1) is 16.0 Å². The first-order valence-corrected chi connectivity index (χ1v) is 10.9. The molecule has 1 fully saturated rings. The van der Waals surface area contributed by atoms with Crippen molar-refractivity contribution in [2.75, 3.05) is 18.7 Å². The number of nitro benzene ring substituents is 1. The number of nitrogens with zero attached hydrogens (tertiary/aromatic N) is 4. The Kier molecular flexibility index (Phi) is 6.88. The van der Waals surface area contributed by atoms with Crippen LogP contribution >= 0.6 is 0 Å². The Morgan fingerprint density at radius 1 is 1.17 bits per heavy atom. The highest BCUT2D eigenvalue weighted by Gasteiger charge is 2.48. The molecule has 4 rings (SSSR count). The van der Waals surface area contributed by atoms with Gasteiger partial charge in [0.15, 0.2) is 6.73 Å². The Morgan fingerprint density at radius 3 is 2.47 bits per heavy atom. The first kappa shape index (κ1) is 24.7. The molecule has 2 aromatic rings. The van der Waals surface area contributed by atoms with Gasteiger partial charge in [-0.1, -0.05) is 30.3 Å². The Morgan fingerprint density at radius 2 is 1.86 bits per heavy atom. The second-order valence-corrected chi connectivity index (χ2v) is 8.29. The molecule has 12 heteroatoms. The van der Waals surface area contributed by atoms with E-state index in [1.54, 1.807) is 42.6 Å². The summed E-state index contributed by atoms with van der Waals surface area (Å²) in [6, 6.07) is 14.7. The third kappa shape index (κ3) is 5.28. The van der Waals surface area contributed by atoms with E-state index in [0.29, 0.717) is 11.3 Å². The molecular weight excluding hydrogens is 472 g/mol. The predicted molar refractivity (Wildman–Crippen MR) is 126 cm³/mol. The fourth-order valence-electron chi connectivity index (χ4n) is 3.67. The number of ether oxygens (including phenoxy) is 3. The number of hydroxylamine groups is 2. The number of para-hydroxylation sites is 1. The number of nitro groups is 1. The van der Waals surface area contributed by atoms with Crippen molar-refractivity contribution in [3.8, 4) is 0 Å². The van der Waals surface area contributed by atoms with Crippen LogP contribution in [-0.2, 0) is 35.2 Å². The standard InChI is InChI=1S/C24H24N4O8/c1-24(2)35-22(29)20(23(30)36-24)21(25-13-16-8-7-11-18(12-16)28(31)32)27(17-9-5-4-6-10-17)19-14-26(33-3)15-34-19/h4-12,14,20H,13,15H2,1-3H3. The molecule has 2 heterocycles.